The molecule has 20 heavy (non-hydrogen) atoms. The van der Waals surface area contributed by atoms with Gasteiger partial charge in [-0.05, 0) is 31.5 Å². The van der Waals surface area contributed by atoms with Crippen molar-refractivity contribution >= 4 is 17.7 Å². The molecule has 0 aliphatic carbocycles. The van der Waals surface area contributed by atoms with Crippen LogP contribution < -0.4 is 4.74 Å². The molecule has 0 spiro atoms. The lowest BCUT2D eigenvalue weighted by Gasteiger charge is -2.23. The molecule has 1 atom stereocenters. The number of aryl methyl sites for hydroxylation is 1. The quantitative estimate of drug-likeness (QED) is 0.755. The molecule has 4 heteroatoms. The second-order valence-electron chi connectivity index (χ2n) is 4.84. The van der Waals surface area contributed by atoms with E-state index in [2.05, 4.69) is 12.2 Å². The van der Waals surface area contributed by atoms with Crippen LogP contribution in [-0.4, -0.2) is 41.5 Å². The maximum atomic E-state index is 12.2. The number of hydrogen-bond donors (Lipinski definition) is 0. The van der Waals surface area contributed by atoms with E-state index in [9.17, 15) is 4.79 Å². The van der Waals surface area contributed by atoms with Crippen LogP contribution in [0.25, 0.3) is 0 Å². The summed E-state index contributed by atoms with van der Waals surface area (Å²) in [5, 5.41) is 0.429. The Balaban J connectivity index is 1.84. The lowest BCUT2D eigenvalue weighted by molar-refractivity contribution is -0.133. The minimum absolute atomic E-state index is 0.0508. The molecule has 0 saturated heterocycles. The molecule has 0 saturated carbocycles. The van der Waals surface area contributed by atoms with Crippen molar-refractivity contribution in [1.82, 2.24) is 4.90 Å². The number of nitrogens with zero attached hydrogens (tertiary/aromatic N) is 1. The molecule has 1 heterocycles. The Kier molecular flexibility index (Phi) is 5.53. The molecule has 1 unspecified atom stereocenters. The van der Waals surface area contributed by atoms with Crippen molar-refractivity contribution in [1.29, 1.82) is 0 Å². The zero-order valence-corrected chi connectivity index (χ0v) is 12.9. The number of rotatable bonds is 6. The Morgan fingerprint density at radius 3 is 3.00 bits per heavy atom. The second kappa shape index (κ2) is 7.39. The van der Waals surface area contributed by atoms with Crippen molar-refractivity contribution in [3.05, 3.63) is 42.0 Å². The van der Waals surface area contributed by atoms with E-state index < -0.39 is 0 Å². The van der Waals surface area contributed by atoms with Crippen LogP contribution >= 0.6 is 11.8 Å². The highest BCUT2D eigenvalue weighted by Gasteiger charge is 2.18. The summed E-state index contributed by atoms with van der Waals surface area (Å²) >= 11 is 1.87. The van der Waals surface area contributed by atoms with E-state index in [1.54, 1.807) is 0 Å². The van der Waals surface area contributed by atoms with Crippen molar-refractivity contribution < 1.29 is 9.53 Å². The molecular weight excluding hydrogens is 270 g/mol. The number of benzene rings is 1. The monoisotopic (exact) mass is 291 g/mol. The molecule has 0 bridgehead atoms. The molecule has 1 amide bonds. The first-order valence-corrected chi connectivity index (χ1v) is 7.99. The Morgan fingerprint density at radius 2 is 2.35 bits per heavy atom. The average Bonchev–Trinajstić information content (AvgIpc) is 2.95. The maximum absolute atomic E-state index is 12.2. The third-order valence-electron chi connectivity index (χ3n) is 3.24. The minimum atomic E-state index is 0.0508. The van der Waals surface area contributed by atoms with Gasteiger partial charge in [-0.3, -0.25) is 4.79 Å². The van der Waals surface area contributed by atoms with Crippen LogP contribution in [-0.2, 0) is 4.79 Å². The summed E-state index contributed by atoms with van der Waals surface area (Å²) in [6, 6.07) is 7.77. The Morgan fingerprint density at radius 1 is 1.50 bits per heavy atom. The standard InChI is InChI=1S/C16H21NO2S/c1-3-17(11-15-8-5-9-20-15)16(18)12-19-14-7-4-6-13(2)10-14/h4-8,10,15H,3,9,11-12H2,1-2H3. The fraction of sp³-hybridized carbons (Fsp3) is 0.438. The fourth-order valence-electron chi connectivity index (χ4n) is 2.12. The van der Waals surface area contributed by atoms with Crippen LogP contribution in [0, 0.1) is 6.92 Å². The van der Waals surface area contributed by atoms with Gasteiger partial charge < -0.3 is 9.64 Å². The maximum Gasteiger partial charge on any atom is 0.260 e. The summed E-state index contributed by atoms with van der Waals surface area (Å²) in [5.74, 6) is 1.86. The second-order valence-corrected chi connectivity index (χ2v) is 6.11. The molecule has 1 aliphatic rings. The zero-order valence-electron chi connectivity index (χ0n) is 12.0. The molecule has 0 aromatic heterocycles. The fourth-order valence-corrected chi connectivity index (χ4v) is 3.10. The molecule has 0 radical (unpaired) electrons. The first-order valence-electron chi connectivity index (χ1n) is 6.94. The van der Waals surface area contributed by atoms with Crippen LogP contribution in [0.4, 0.5) is 0 Å². The first kappa shape index (κ1) is 15.0. The number of likely N-dealkylation sites (N-methyl/N-ethyl adjacent to an activating group) is 1. The van der Waals surface area contributed by atoms with Gasteiger partial charge in [0.2, 0.25) is 0 Å². The molecule has 1 aliphatic heterocycles. The molecule has 3 nitrogen and oxygen atoms in total. The number of carbonyl (C=O) groups excluding carboxylic acids is 1. The smallest absolute Gasteiger partial charge is 0.260 e. The highest BCUT2D eigenvalue weighted by atomic mass is 32.2. The van der Waals surface area contributed by atoms with Crippen LogP contribution in [0.5, 0.6) is 5.75 Å². The number of thioether (sulfide) groups is 1. The lowest BCUT2D eigenvalue weighted by atomic mass is 10.2. The predicted octanol–water partition coefficient (Wildman–Crippen LogP) is 2.89. The van der Waals surface area contributed by atoms with Gasteiger partial charge in [0.1, 0.15) is 5.75 Å². The van der Waals surface area contributed by atoms with Gasteiger partial charge >= 0.3 is 0 Å². The van der Waals surface area contributed by atoms with Gasteiger partial charge in [0.25, 0.3) is 5.91 Å². The van der Waals surface area contributed by atoms with Gasteiger partial charge in [-0.25, -0.2) is 0 Å². The van der Waals surface area contributed by atoms with Crippen molar-refractivity contribution in [2.75, 3.05) is 25.4 Å². The number of amides is 1. The van der Waals surface area contributed by atoms with Crippen molar-refractivity contribution in [2.45, 2.75) is 19.1 Å². The van der Waals surface area contributed by atoms with Gasteiger partial charge in [-0.15, -0.1) is 11.8 Å². The van der Waals surface area contributed by atoms with E-state index in [-0.39, 0.29) is 12.5 Å². The first-order chi connectivity index (χ1) is 9.69. The van der Waals surface area contributed by atoms with Crippen LogP contribution in [0.15, 0.2) is 36.4 Å². The molecule has 0 N–H and O–H groups in total. The summed E-state index contributed by atoms with van der Waals surface area (Å²) in [5.41, 5.74) is 1.13. The minimum Gasteiger partial charge on any atom is -0.484 e. The summed E-state index contributed by atoms with van der Waals surface area (Å²) in [4.78, 5) is 14.1. The van der Waals surface area contributed by atoms with E-state index in [4.69, 9.17) is 4.74 Å². The highest BCUT2D eigenvalue weighted by molar-refractivity contribution is 8.00. The largest absolute Gasteiger partial charge is 0.484 e. The normalized spacial score (nSPS) is 17.2. The number of hydrogen-bond acceptors (Lipinski definition) is 3. The van der Waals surface area contributed by atoms with Crippen LogP contribution in [0.2, 0.25) is 0 Å². The van der Waals surface area contributed by atoms with Gasteiger partial charge in [-0.1, -0.05) is 24.3 Å². The Hall–Kier alpha value is -1.42. The average molecular weight is 291 g/mol. The van der Waals surface area contributed by atoms with Crippen LogP contribution in [0.1, 0.15) is 12.5 Å². The number of carbonyl (C=O) groups is 1. The Labute approximate surface area is 125 Å². The van der Waals surface area contributed by atoms with Gasteiger partial charge in [0.15, 0.2) is 6.61 Å². The topological polar surface area (TPSA) is 29.5 Å². The summed E-state index contributed by atoms with van der Waals surface area (Å²) in [6.45, 7) is 5.62. The Bertz CT molecular complexity index is 487. The third-order valence-corrected chi connectivity index (χ3v) is 4.36. The summed E-state index contributed by atoms with van der Waals surface area (Å²) in [7, 11) is 0. The van der Waals surface area contributed by atoms with Gasteiger partial charge in [-0.2, -0.15) is 0 Å². The molecule has 0 fully saturated rings. The highest BCUT2D eigenvalue weighted by Crippen LogP contribution is 2.20. The van der Waals surface area contributed by atoms with E-state index in [1.807, 2.05) is 54.8 Å². The predicted molar refractivity (Wildman–Crippen MR) is 84.3 cm³/mol. The SMILES string of the molecule is CCN(CC1C=CCS1)C(=O)COc1cccc(C)c1. The van der Waals surface area contributed by atoms with Crippen molar-refractivity contribution in [3.8, 4) is 5.75 Å². The zero-order chi connectivity index (χ0) is 14.4. The summed E-state index contributed by atoms with van der Waals surface area (Å²) in [6.07, 6.45) is 4.35. The van der Waals surface area contributed by atoms with Gasteiger partial charge in [0, 0.05) is 24.1 Å². The molecule has 2 rings (SSSR count). The molecule has 108 valence electrons. The number of ether oxygens (including phenoxy) is 1. The van der Waals surface area contributed by atoms with E-state index >= 15 is 0 Å². The van der Waals surface area contributed by atoms with E-state index in [1.165, 1.54) is 0 Å². The van der Waals surface area contributed by atoms with Gasteiger partial charge in [0.05, 0.1) is 0 Å². The lowest BCUT2D eigenvalue weighted by Crippen LogP contribution is -2.38. The molecule has 1 aromatic carbocycles. The summed E-state index contributed by atoms with van der Waals surface area (Å²) < 4.78 is 5.58. The van der Waals surface area contributed by atoms with E-state index in [0.717, 1.165) is 30.2 Å². The van der Waals surface area contributed by atoms with E-state index in [0.29, 0.717) is 5.25 Å². The van der Waals surface area contributed by atoms with Crippen molar-refractivity contribution in [2.24, 2.45) is 0 Å². The van der Waals surface area contributed by atoms with Crippen LogP contribution in [0.3, 0.4) is 0 Å². The molecular formula is C16H21NO2S. The third kappa shape index (κ3) is 4.30. The molecule has 1 aromatic rings. The van der Waals surface area contributed by atoms with Crippen molar-refractivity contribution in [3.63, 3.8) is 0 Å².